The summed E-state index contributed by atoms with van der Waals surface area (Å²) in [6, 6.07) is 10.0. The van der Waals surface area contributed by atoms with Crippen molar-refractivity contribution >= 4 is 17.5 Å². The first-order valence-corrected chi connectivity index (χ1v) is 12.0. The number of fused-ring (bicyclic) bond motifs is 1. The van der Waals surface area contributed by atoms with Crippen LogP contribution in [-0.2, 0) is 23.2 Å². The molecule has 2 amide bonds. The predicted octanol–water partition coefficient (Wildman–Crippen LogP) is 4.61. The summed E-state index contributed by atoms with van der Waals surface area (Å²) in [4.78, 5) is 29.2. The van der Waals surface area contributed by atoms with Crippen molar-refractivity contribution < 1.29 is 9.59 Å². The van der Waals surface area contributed by atoms with Gasteiger partial charge in [0.05, 0.1) is 12.2 Å². The van der Waals surface area contributed by atoms with Crippen LogP contribution >= 0.6 is 0 Å². The maximum absolute atomic E-state index is 13.8. The maximum Gasteiger partial charge on any atom is 0.277 e. The molecule has 0 saturated heterocycles. The standard InChI is InChI=1S/C26H36N4O2/c1-6-18-12-14-20(15-13-18)30-23(31)21-16-22(25(2,3)4)28-29(21)17-26(30,5)24(32)27-19-10-8-7-9-11-19/h12-16,19H,6-11,17H2,1-5H3,(H,27,32)/t26-/m0/s1. The molecule has 2 heterocycles. The molecule has 0 bridgehead atoms. The SMILES string of the molecule is CCc1ccc(N2C(=O)c3cc(C(C)(C)C)nn3C[C@@]2(C)C(=O)NC2CCCCC2)cc1. The second-order valence-electron chi connectivity index (χ2n) is 10.6. The molecule has 32 heavy (non-hydrogen) atoms. The van der Waals surface area contributed by atoms with Crippen molar-refractivity contribution in [2.24, 2.45) is 0 Å². The van der Waals surface area contributed by atoms with Gasteiger partial charge in [-0.3, -0.25) is 19.2 Å². The summed E-state index contributed by atoms with van der Waals surface area (Å²) < 4.78 is 1.74. The minimum atomic E-state index is -1.06. The highest BCUT2D eigenvalue weighted by molar-refractivity contribution is 6.11. The number of hydrogen-bond donors (Lipinski definition) is 1. The van der Waals surface area contributed by atoms with E-state index in [-0.39, 0.29) is 23.3 Å². The highest BCUT2D eigenvalue weighted by Gasteiger charge is 2.49. The van der Waals surface area contributed by atoms with Crippen molar-refractivity contribution in [3.63, 3.8) is 0 Å². The number of nitrogens with one attached hydrogen (secondary N) is 1. The molecule has 1 N–H and O–H groups in total. The monoisotopic (exact) mass is 436 g/mol. The largest absolute Gasteiger partial charge is 0.351 e. The number of carbonyl (C=O) groups is 2. The van der Waals surface area contributed by atoms with Gasteiger partial charge in [-0.1, -0.05) is 59.1 Å². The Balaban J connectivity index is 1.75. The number of nitrogens with zero attached hydrogens (tertiary/aromatic N) is 3. The number of aromatic nitrogens is 2. The number of anilines is 1. The van der Waals surface area contributed by atoms with Crippen molar-refractivity contribution in [3.05, 3.63) is 47.3 Å². The van der Waals surface area contributed by atoms with E-state index in [1.807, 2.05) is 37.3 Å². The molecule has 0 unspecified atom stereocenters. The Kier molecular flexibility index (Phi) is 5.91. The van der Waals surface area contributed by atoms with Gasteiger partial charge in [-0.05, 0) is 49.9 Å². The summed E-state index contributed by atoms with van der Waals surface area (Å²) in [5.74, 6) is -0.277. The highest BCUT2D eigenvalue weighted by atomic mass is 16.2. The van der Waals surface area contributed by atoms with Crippen molar-refractivity contribution in [2.75, 3.05) is 4.90 Å². The lowest BCUT2D eigenvalue weighted by molar-refractivity contribution is -0.127. The van der Waals surface area contributed by atoms with Crippen molar-refractivity contribution in [1.82, 2.24) is 15.1 Å². The zero-order valence-electron chi connectivity index (χ0n) is 20.1. The summed E-state index contributed by atoms with van der Waals surface area (Å²) in [5.41, 5.74) is 2.11. The Morgan fingerprint density at radius 3 is 2.41 bits per heavy atom. The Bertz CT molecular complexity index is 996. The normalized spacial score (nSPS) is 22.0. The van der Waals surface area contributed by atoms with E-state index in [0.717, 1.165) is 43.5 Å². The highest BCUT2D eigenvalue weighted by Crippen LogP contribution is 2.35. The lowest BCUT2D eigenvalue weighted by atomic mass is 9.90. The molecule has 1 aromatic carbocycles. The Morgan fingerprint density at radius 2 is 1.81 bits per heavy atom. The second kappa shape index (κ2) is 8.38. The molecule has 172 valence electrons. The number of rotatable bonds is 4. The third kappa shape index (κ3) is 4.07. The molecule has 1 aliphatic carbocycles. The van der Waals surface area contributed by atoms with Gasteiger partial charge in [0.15, 0.2) is 0 Å². The second-order valence-corrected chi connectivity index (χ2v) is 10.6. The topological polar surface area (TPSA) is 67.2 Å². The van der Waals surface area contributed by atoms with Gasteiger partial charge in [-0.2, -0.15) is 5.10 Å². The van der Waals surface area contributed by atoms with Crippen LogP contribution in [0, 0.1) is 0 Å². The number of carbonyl (C=O) groups excluding carboxylic acids is 2. The third-order valence-corrected chi connectivity index (χ3v) is 6.95. The number of amides is 2. The van der Waals surface area contributed by atoms with Crippen LogP contribution in [0.3, 0.4) is 0 Å². The van der Waals surface area contributed by atoms with Crippen molar-refractivity contribution in [3.8, 4) is 0 Å². The zero-order valence-corrected chi connectivity index (χ0v) is 20.1. The van der Waals surface area contributed by atoms with Crippen LogP contribution < -0.4 is 10.2 Å². The summed E-state index contributed by atoms with van der Waals surface area (Å²) in [5, 5.41) is 8.01. The molecule has 1 fully saturated rings. The third-order valence-electron chi connectivity index (χ3n) is 6.95. The molecule has 1 aromatic heterocycles. The van der Waals surface area contributed by atoms with Gasteiger partial charge in [-0.25, -0.2) is 0 Å². The molecule has 1 aliphatic heterocycles. The average molecular weight is 437 g/mol. The van der Waals surface area contributed by atoms with E-state index < -0.39 is 5.54 Å². The van der Waals surface area contributed by atoms with Crippen molar-refractivity contribution in [2.45, 2.75) is 96.7 Å². The van der Waals surface area contributed by atoms with Gasteiger partial charge in [0, 0.05) is 17.1 Å². The van der Waals surface area contributed by atoms with Crippen LogP contribution in [0.2, 0.25) is 0 Å². The lowest BCUT2D eigenvalue weighted by Crippen LogP contribution is -2.65. The first-order chi connectivity index (χ1) is 15.1. The Morgan fingerprint density at radius 1 is 1.16 bits per heavy atom. The fraction of sp³-hybridized carbons (Fsp3) is 0.577. The smallest absolute Gasteiger partial charge is 0.277 e. The predicted molar refractivity (Wildman–Crippen MR) is 127 cm³/mol. The van der Waals surface area contributed by atoms with Gasteiger partial charge in [0.25, 0.3) is 5.91 Å². The van der Waals surface area contributed by atoms with E-state index in [4.69, 9.17) is 5.10 Å². The Hall–Kier alpha value is -2.63. The van der Waals surface area contributed by atoms with E-state index >= 15 is 0 Å². The van der Waals surface area contributed by atoms with Crippen LogP contribution in [0.5, 0.6) is 0 Å². The number of aryl methyl sites for hydroxylation is 1. The maximum atomic E-state index is 13.8. The molecule has 0 radical (unpaired) electrons. The Labute approximate surface area is 191 Å². The van der Waals surface area contributed by atoms with Crippen LogP contribution in [0.1, 0.15) is 88.5 Å². The molecule has 4 rings (SSSR count). The van der Waals surface area contributed by atoms with E-state index in [1.54, 1.807) is 9.58 Å². The average Bonchev–Trinajstić information content (AvgIpc) is 3.19. The molecule has 6 nitrogen and oxygen atoms in total. The van der Waals surface area contributed by atoms with Gasteiger partial charge >= 0.3 is 0 Å². The first-order valence-electron chi connectivity index (χ1n) is 12.0. The molecule has 0 spiro atoms. The van der Waals surface area contributed by atoms with Crippen LogP contribution in [0.15, 0.2) is 30.3 Å². The molecule has 6 heteroatoms. The van der Waals surface area contributed by atoms with Gasteiger partial charge in [0.1, 0.15) is 11.2 Å². The van der Waals surface area contributed by atoms with Crippen molar-refractivity contribution in [1.29, 1.82) is 0 Å². The fourth-order valence-electron chi connectivity index (χ4n) is 4.82. The van der Waals surface area contributed by atoms with E-state index in [2.05, 4.69) is 33.0 Å². The van der Waals surface area contributed by atoms with Crippen LogP contribution in [0.4, 0.5) is 5.69 Å². The first kappa shape index (κ1) is 22.6. The molecular formula is C26H36N4O2. The minimum absolute atomic E-state index is 0.101. The molecule has 1 saturated carbocycles. The fourth-order valence-corrected chi connectivity index (χ4v) is 4.82. The molecule has 2 aromatic rings. The van der Waals surface area contributed by atoms with E-state index in [0.29, 0.717) is 12.2 Å². The van der Waals surface area contributed by atoms with Gasteiger partial charge in [0.2, 0.25) is 5.91 Å². The molecule has 1 atom stereocenters. The summed E-state index contributed by atoms with van der Waals surface area (Å²) in [7, 11) is 0. The van der Waals surface area contributed by atoms with Crippen LogP contribution in [0.25, 0.3) is 0 Å². The summed E-state index contributed by atoms with van der Waals surface area (Å²) in [6.07, 6.45) is 6.44. The minimum Gasteiger partial charge on any atom is -0.351 e. The molecular weight excluding hydrogens is 400 g/mol. The number of benzene rings is 1. The lowest BCUT2D eigenvalue weighted by Gasteiger charge is -2.44. The molecule has 2 aliphatic rings. The van der Waals surface area contributed by atoms with E-state index in [9.17, 15) is 9.59 Å². The summed E-state index contributed by atoms with van der Waals surface area (Å²) >= 11 is 0. The number of hydrogen-bond acceptors (Lipinski definition) is 3. The van der Waals surface area contributed by atoms with E-state index in [1.165, 1.54) is 12.0 Å². The zero-order chi connectivity index (χ0) is 23.1. The van der Waals surface area contributed by atoms with Crippen LogP contribution in [-0.4, -0.2) is 33.2 Å². The summed E-state index contributed by atoms with van der Waals surface area (Å²) in [6.45, 7) is 10.6. The van der Waals surface area contributed by atoms with Gasteiger partial charge < -0.3 is 5.32 Å². The quantitative estimate of drug-likeness (QED) is 0.761. The van der Waals surface area contributed by atoms with Gasteiger partial charge in [-0.15, -0.1) is 0 Å².